The summed E-state index contributed by atoms with van der Waals surface area (Å²) in [4.78, 5) is 21.0. The van der Waals surface area contributed by atoms with Crippen LogP contribution in [0.3, 0.4) is 0 Å². The third-order valence-electron chi connectivity index (χ3n) is 4.77. The van der Waals surface area contributed by atoms with Crippen LogP contribution >= 0.6 is 15.9 Å². The lowest BCUT2D eigenvalue weighted by Crippen LogP contribution is -2.25. The van der Waals surface area contributed by atoms with Gasteiger partial charge in [-0.3, -0.25) is 9.36 Å². The number of nitrogens with one attached hydrogen (secondary N) is 1. The molecule has 1 aliphatic carbocycles. The second-order valence-corrected chi connectivity index (χ2v) is 7.50. The van der Waals surface area contributed by atoms with Gasteiger partial charge in [0.2, 0.25) is 5.91 Å². The predicted octanol–water partition coefficient (Wildman–Crippen LogP) is 3.76. The van der Waals surface area contributed by atoms with Crippen LogP contribution in [0.2, 0.25) is 0 Å². The van der Waals surface area contributed by atoms with Crippen molar-refractivity contribution < 1.29 is 4.79 Å². The molecule has 1 fully saturated rings. The summed E-state index contributed by atoms with van der Waals surface area (Å²) in [6.07, 6.45) is 6.31. The van der Waals surface area contributed by atoms with Crippen molar-refractivity contribution in [2.45, 2.75) is 25.8 Å². The molecule has 2 atom stereocenters. The van der Waals surface area contributed by atoms with E-state index in [1.54, 1.807) is 12.4 Å². The molecule has 0 spiro atoms. The van der Waals surface area contributed by atoms with Crippen molar-refractivity contribution in [3.63, 3.8) is 0 Å². The van der Waals surface area contributed by atoms with Gasteiger partial charge in [-0.05, 0) is 54.7 Å². The minimum Gasteiger partial charge on any atom is -0.352 e. The Balaban J connectivity index is 1.37. The average Bonchev–Trinajstić information content (AvgIpc) is 3.34. The fourth-order valence-corrected chi connectivity index (χ4v) is 3.47. The van der Waals surface area contributed by atoms with Crippen molar-refractivity contribution in [2.24, 2.45) is 5.92 Å². The zero-order valence-corrected chi connectivity index (χ0v) is 16.0. The van der Waals surface area contributed by atoms with Gasteiger partial charge in [-0.25, -0.2) is 9.97 Å². The fourth-order valence-electron chi connectivity index (χ4n) is 3.21. The maximum atomic E-state index is 12.4. The van der Waals surface area contributed by atoms with Crippen LogP contribution in [0.4, 0.5) is 0 Å². The van der Waals surface area contributed by atoms with Gasteiger partial charge in [0.25, 0.3) is 0 Å². The molecule has 0 bridgehead atoms. The van der Waals surface area contributed by atoms with Crippen molar-refractivity contribution in [1.82, 2.24) is 19.9 Å². The second kappa shape index (κ2) is 7.03. The Kier molecular flexibility index (Phi) is 4.59. The van der Waals surface area contributed by atoms with Crippen molar-refractivity contribution in [2.75, 3.05) is 0 Å². The molecular formula is C20H19BrN4O. The molecule has 4 rings (SSSR count). The standard InChI is InChI=1S/C20H19BrN4O/c1-13-22-8-9-25(13)19-10-14(6-7-23-19)12-24-20(26)18-11-17(18)15-2-4-16(21)5-3-15/h2-10,17-18H,11-12H2,1H3,(H,24,26). The van der Waals surface area contributed by atoms with Crippen LogP contribution < -0.4 is 5.32 Å². The van der Waals surface area contributed by atoms with E-state index < -0.39 is 0 Å². The fraction of sp³-hybridized carbons (Fsp3) is 0.250. The van der Waals surface area contributed by atoms with Gasteiger partial charge in [-0.1, -0.05) is 28.1 Å². The molecule has 2 heterocycles. The van der Waals surface area contributed by atoms with Gasteiger partial charge in [-0.2, -0.15) is 0 Å². The third-order valence-corrected chi connectivity index (χ3v) is 5.30. The van der Waals surface area contributed by atoms with Crippen LogP contribution in [0.15, 0.2) is 59.5 Å². The largest absolute Gasteiger partial charge is 0.352 e. The van der Waals surface area contributed by atoms with Crippen LogP contribution in [0.5, 0.6) is 0 Å². The topological polar surface area (TPSA) is 59.8 Å². The van der Waals surface area contributed by atoms with Crippen molar-refractivity contribution in [3.05, 3.63) is 76.4 Å². The first kappa shape index (κ1) is 17.0. The predicted molar refractivity (Wildman–Crippen MR) is 103 cm³/mol. The van der Waals surface area contributed by atoms with Crippen molar-refractivity contribution in [1.29, 1.82) is 0 Å². The summed E-state index contributed by atoms with van der Waals surface area (Å²) in [5.74, 6) is 2.23. The SMILES string of the molecule is Cc1nccn1-c1cc(CNC(=O)C2CC2c2ccc(Br)cc2)ccn1. The molecule has 3 aromatic rings. The first-order chi connectivity index (χ1) is 12.6. The molecule has 0 aliphatic heterocycles. The molecule has 0 radical (unpaired) electrons. The Hall–Kier alpha value is -2.47. The quantitative estimate of drug-likeness (QED) is 0.696. The highest BCUT2D eigenvalue weighted by Gasteiger charge is 2.43. The Bertz CT molecular complexity index is 935. The molecule has 1 N–H and O–H groups in total. The monoisotopic (exact) mass is 410 g/mol. The Morgan fingerprint density at radius 1 is 1.23 bits per heavy atom. The number of amides is 1. The normalized spacial score (nSPS) is 18.5. The highest BCUT2D eigenvalue weighted by Crippen LogP contribution is 2.47. The Labute approximate surface area is 160 Å². The van der Waals surface area contributed by atoms with Crippen LogP contribution in [0.1, 0.15) is 29.3 Å². The summed E-state index contributed by atoms with van der Waals surface area (Å²) in [5.41, 5.74) is 2.26. The highest BCUT2D eigenvalue weighted by atomic mass is 79.9. The molecule has 26 heavy (non-hydrogen) atoms. The molecule has 6 heteroatoms. The molecule has 1 aromatic carbocycles. The van der Waals surface area contributed by atoms with E-state index in [1.165, 1.54) is 5.56 Å². The molecule has 1 saturated carbocycles. The lowest BCUT2D eigenvalue weighted by atomic mass is 10.1. The number of aryl methyl sites for hydroxylation is 1. The van der Waals surface area contributed by atoms with Gasteiger partial charge >= 0.3 is 0 Å². The van der Waals surface area contributed by atoms with Gasteiger partial charge < -0.3 is 5.32 Å². The minimum atomic E-state index is 0.0772. The molecule has 2 aromatic heterocycles. The number of hydrogen-bond acceptors (Lipinski definition) is 3. The van der Waals surface area contributed by atoms with E-state index >= 15 is 0 Å². The maximum Gasteiger partial charge on any atom is 0.224 e. The van der Waals surface area contributed by atoms with Crippen LogP contribution in [0.25, 0.3) is 5.82 Å². The molecule has 0 saturated heterocycles. The number of pyridine rings is 1. The number of benzene rings is 1. The number of aromatic nitrogens is 3. The number of rotatable bonds is 5. The van der Waals surface area contributed by atoms with E-state index in [9.17, 15) is 4.79 Å². The Morgan fingerprint density at radius 3 is 2.77 bits per heavy atom. The van der Waals surface area contributed by atoms with Crippen molar-refractivity contribution in [3.8, 4) is 5.82 Å². The van der Waals surface area contributed by atoms with Gasteiger partial charge in [0.1, 0.15) is 11.6 Å². The third kappa shape index (κ3) is 3.55. The summed E-state index contributed by atoms with van der Waals surface area (Å²) in [5, 5.41) is 3.06. The maximum absolute atomic E-state index is 12.4. The van der Waals surface area contributed by atoms with Crippen LogP contribution in [-0.4, -0.2) is 20.4 Å². The van der Waals surface area contributed by atoms with E-state index in [1.807, 2.05) is 42.0 Å². The summed E-state index contributed by atoms with van der Waals surface area (Å²) in [6.45, 7) is 2.44. The van der Waals surface area contributed by atoms with E-state index in [4.69, 9.17) is 0 Å². The van der Waals surface area contributed by atoms with E-state index in [-0.39, 0.29) is 11.8 Å². The molecule has 132 valence electrons. The van der Waals surface area contributed by atoms with Gasteiger partial charge in [-0.15, -0.1) is 0 Å². The first-order valence-electron chi connectivity index (χ1n) is 8.60. The van der Waals surface area contributed by atoms with Gasteiger partial charge in [0.15, 0.2) is 0 Å². The summed E-state index contributed by atoms with van der Waals surface area (Å²) < 4.78 is 2.99. The van der Waals surface area contributed by atoms with Crippen molar-refractivity contribution >= 4 is 21.8 Å². The number of halogens is 1. The minimum absolute atomic E-state index is 0.0772. The zero-order chi connectivity index (χ0) is 18.1. The number of carbonyl (C=O) groups excluding carboxylic acids is 1. The van der Waals surface area contributed by atoms with Gasteiger partial charge in [0, 0.05) is 35.5 Å². The molecule has 5 nitrogen and oxygen atoms in total. The smallest absolute Gasteiger partial charge is 0.224 e. The van der Waals surface area contributed by atoms with Crippen LogP contribution in [0, 0.1) is 12.8 Å². The van der Waals surface area contributed by atoms with Crippen LogP contribution in [-0.2, 0) is 11.3 Å². The highest BCUT2D eigenvalue weighted by molar-refractivity contribution is 9.10. The zero-order valence-electron chi connectivity index (χ0n) is 14.4. The van der Waals surface area contributed by atoms with E-state index in [0.717, 1.165) is 28.1 Å². The summed E-state index contributed by atoms with van der Waals surface area (Å²) >= 11 is 3.44. The number of hydrogen-bond donors (Lipinski definition) is 1. The summed E-state index contributed by atoms with van der Waals surface area (Å²) in [7, 11) is 0. The first-order valence-corrected chi connectivity index (χ1v) is 9.39. The van der Waals surface area contributed by atoms with E-state index in [2.05, 4.69) is 43.3 Å². The summed E-state index contributed by atoms with van der Waals surface area (Å²) in [6, 6.07) is 12.1. The average molecular weight is 411 g/mol. The molecule has 1 amide bonds. The molecule has 2 unspecified atom stereocenters. The number of nitrogens with zero attached hydrogens (tertiary/aromatic N) is 3. The van der Waals surface area contributed by atoms with E-state index in [0.29, 0.717) is 12.5 Å². The lowest BCUT2D eigenvalue weighted by molar-refractivity contribution is -0.122. The van der Waals surface area contributed by atoms with Gasteiger partial charge in [0.05, 0.1) is 0 Å². The molecule has 1 aliphatic rings. The Morgan fingerprint density at radius 2 is 2.04 bits per heavy atom. The number of imidazole rings is 1. The number of carbonyl (C=O) groups is 1. The lowest BCUT2D eigenvalue weighted by Gasteiger charge is -2.08. The second-order valence-electron chi connectivity index (χ2n) is 6.58. The molecular weight excluding hydrogens is 392 g/mol.